The van der Waals surface area contributed by atoms with Gasteiger partial charge in [-0.3, -0.25) is 10.1 Å². The molecule has 0 radical (unpaired) electrons. The smallest absolute Gasteiger partial charge is 0.254 e. The number of hydrogen-bond donors (Lipinski definition) is 2. The van der Waals surface area contributed by atoms with Gasteiger partial charge in [-0.2, -0.15) is 0 Å². The molecule has 108 valence electrons. The molecule has 0 bridgehead atoms. The maximum atomic E-state index is 12.3. The predicted molar refractivity (Wildman–Crippen MR) is 75.1 cm³/mol. The molecule has 2 unspecified atom stereocenters. The second-order valence-electron chi connectivity index (χ2n) is 6.56. The highest BCUT2D eigenvalue weighted by Gasteiger charge is 2.47. The van der Waals surface area contributed by atoms with Crippen LogP contribution in [0.15, 0.2) is 4.99 Å². The Bertz CT molecular complexity index is 385. The number of ether oxygens (including phenoxy) is 1. The van der Waals surface area contributed by atoms with Crippen LogP contribution < -0.4 is 10.6 Å². The molecule has 1 spiro atoms. The van der Waals surface area contributed by atoms with Gasteiger partial charge >= 0.3 is 0 Å². The van der Waals surface area contributed by atoms with E-state index in [1.54, 1.807) is 0 Å². The first-order valence-corrected chi connectivity index (χ1v) is 7.16. The summed E-state index contributed by atoms with van der Waals surface area (Å²) in [7, 11) is 0. The van der Waals surface area contributed by atoms with E-state index in [9.17, 15) is 4.79 Å². The fraction of sp³-hybridized carbons (Fsp3) is 0.857. The van der Waals surface area contributed by atoms with Crippen LogP contribution in [0, 0.1) is 0 Å². The topological polar surface area (TPSA) is 62.7 Å². The third-order valence-electron chi connectivity index (χ3n) is 3.52. The fourth-order valence-corrected chi connectivity index (χ4v) is 2.68. The van der Waals surface area contributed by atoms with E-state index in [0.29, 0.717) is 25.4 Å². The maximum absolute atomic E-state index is 12.3. The van der Waals surface area contributed by atoms with Crippen molar-refractivity contribution in [1.29, 1.82) is 0 Å². The van der Waals surface area contributed by atoms with Crippen molar-refractivity contribution in [3.63, 3.8) is 0 Å². The summed E-state index contributed by atoms with van der Waals surface area (Å²) in [5, 5.41) is 6.12. The molecular formula is C14H25N3O2. The van der Waals surface area contributed by atoms with Gasteiger partial charge in [0.1, 0.15) is 5.54 Å². The average molecular weight is 267 g/mol. The van der Waals surface area contributed by atoms with Gasteiger partial charge in [-0.25, -0.2) is 4.99 Å². The van der Waals surface area contributed by atoms with Crippen LogP contribution in [-0.4, -0.2) is 35.7 Å². The van der Waals surface area contributed by atoms with Crippen molar-refractivity contribution in [2.45, 2.75) is 70.6 Å². The summed E-state index contributed by atoms with van der Waals surface area (Å²) < 4.78 is 5.72. The molecule has 0 aromatic rings. The molecule has 2 atom stereocenters. The zero-order valence-corrected chi connectivity index (χ0v) is 12.4. The quantitative estimate of drug-likeness (QED) is 0.798. The molecule has 2 rings (SSSR count). The first kappa shape index (κ1) is 14.3. The van der Waals surface area contributed by atoms with E-state index < -0.39 is 5.54 Å². The zero-order chi connectivity index (χ0) is 14.1. The van der Waals surface area contributed by atoms with Crippen LogP contribution in [0.4, 0.5) is 0 Å². The van der Waals surface area contributed by atoms with Gasteiger partial charge in [-0.15, -0.1) is 0 Å². The van der Waals surface area contributed by atoms with Crippen molar-refractivity contribution in [2.75, 3.05) is 6.61 Å². The molecule has 2 aliphatic heterocycles. The minimum atomic E-state index is -0.605. The molecule has 2 aliphatic rings. The van der Waals surface area contributed by atoms with E-state index in [-0.39, 0.29) is 17.6 Å². The Balaban J connectivity index is 2.11. The normalized spacial score (nSPS) is 31.3. The van der Waals surface area contributed by atoms with Crippen molar-refractivity contribution in [1.82, 2.24) is 10.6 Å². The van der Waals surface area contributed by atoms with Crippen LogP contribution in [0.2, 0.25) is 0 Å². The van der Waals surface area contributed by atoms with Crippen LogP contribution >= 0.6 is 0 Å². The molecular weight excluding hydrogens is 242 g/mol. The number of carbonyl (C=O) groups is 1. The molecule has 0 aliphatic carbocycles. The Morgan fingerprint density at radius 1 is 1.53 bits per heavy atom. The molecule has 1 fully saturated rings. The number of nitrogens with zero attached hydrogens (tertiary/aromatic N) is 1. The predicted octanol–water partition coefficient (Wildman–Crippen LogP) is 1.58. The summed E-state index contributed by atoms with van der Waals surface area (Å²) in [6, 6.07) is 0. The standard InChI is InChI=1S/C14H25N3O2/c1-5-6-10-9-14(7-8-19-10)11(18)15-12(17-14)16-13(2,3)4/h10H,5-9H2,1-4H3,(H2,15,16,17,18). The molecule has 2 N–H and O–H groups in total. The van der Waals surface area contributed by atoms with E-state index in [4.69, 9.17) is 4.74 Å². The molecule has 5 nitrogen and oxygen atoms in total. The lowest BCUT2D eigenvalue weighted by molar-refractivity contribution is -0.129. The number of amides is 1. The number of nitrogens with one attached hydrogen (secondary N) is 2. The Labute approximate surface area is 115 Å². The third-order valence-corrected chi connectivity index (χ3v) is 3.52. The van der Waals surface area contributed by atoms with Gasteiger partial charge < -0.3 is 10.1 Å². The van der Waals surface area contributed by atoms with Gasteiger partial charge in [0.2, 0.25) is 0 Å². The average Bonchev–Trinajstić information content (AvgIpc) is 2.53. The summed E-state index contributed by atoms with van der Waals surface area (Å²) in [5.74, 6) is 0.623. The number of rotatable bonds is 2. The second kappa shape index (κ2) is 5.12. The Kier molecular flexibility index (Phi) is 3.85. The van der Waals surface area contributed by atoms with E-state index >= 15 is 0 Å². The largest absolute Gasteiger partial charge is 0.378 e. The number of hydrogen-bond acceptors (Lipinski definition) is 4. The summed E-state index contributed by atoms with van der Waals surface area (Å²) in [4.78, 5) is 16.9. The minimum absolute atomic E-state index is 0.0173. The lowest BCUT2D eigenvalue weighted by atomic mass is 9.86. The van der Waals surface area contributed by atoms with Gasteiger partial charge in [-0.1, -0.05) is 13.3 Å². The van der Waals surface area contributed by atoms with Crippen LogP contribution in [0.25, 0.3) is 0 Å². The molecule has 0 saturated carbocycles. The number of carbonyl (C=O) groups excluding carboxylic acids is 1. The second-order valence-corrected chi connectivity index (χ2v) is 6.56. The van der Waals surface area contributed by atoms with Crippen molar-refractivity contribution in [3.8, 4) is 0 Å². The zero-order valence-electron chi connectivity index (χ0n) is 12.4. The highest BCUT2D eigenvalue weighted by atomic mass is 16.5. The van der Waals surface area contributed by atoms with Crippen molar-refractivity contribution in [3.05, 3.63) is 0 Å². The van der Waals surface area contributed by atoms with E-state index in [1.807, 2.05) is 0 Å². The van der Waals surface area contributed by atoms with Gasteiger partial charge in [0.15, 0.2) is 5.96 Å². The first-order valence-electron chi connectivity index (χ1n) is 7.16. The van der Waals surface area contributed by atoms with Crippen LogP contribution in [-0.2, 0) is 9.53 Å². The van der Waals surface area contributed by atoms with Crippen LogP contribution in [0.5, 0.6) is 0 Å². The summed E-state index contributed by atoms with van der Waals surface area (Å²) in [5.41, 5.74) is -0.711. The molecule has 2 heterocycles. The van der Waals surface area contributed by atoms with Gasteiger partial charge in [-0.05, 0) is 27.2 Å². The molecule has 5 heteroatoms. The SMILES string of the molecule is CCCC1CC2(CCO1)N=C(NC(C)(C)C)NC2=O. The van der Waals surface area contributed by atoms with E-state index in [2.05, 4.69) is 43.3 Å². The van der Waals surface area contributed by atoms with Crippen molar-refractivity contribution in [2.24, 2.45) is 4.99 Å². The van der Waals surface area contributed by atoms with Crippen LogP contribution in [0.1, 0.15) is 53.4 Å². The Morgan fingerprint density at radius 2 is 2.26 bits per heavy atom. The highest BCUT2D eigenvalue weighted by molar-refractivity contribution is 6.07. The summed E-state index contributed by atoms with van der Waals surface area (Å²) in [6.45, 7) is 8.91. The van der Waals surface area contributed by atoms with Gasteiger partial charge in [0.05, 0.1) is 6.10 Å². The van der Waals surface area contributed by atoms with Crippen molar-refractivity contribution < 1.29 is 9.53 Å². The van der Waals surface area contributed by atoms with Gasteiger partial charge in [0.25, 0.3) is 5.91 Å². The van der Waals surface area contributed by atoms with E-state index in [0.717, 1.165) is 12.8 Å². The minimum Gasteiger partial charge on any atom is -0.378 e. The maximum Gasteiger partial charge on any atom is 0.254 e. The fourth-order valence-electron chi connectivity index (χ4n) is 2.68. The van der Waals surface area contributed by atoms with Crippen molar-refractivity contribution >= 4 is 11.9 Å². The Morgan fingerprint density at radius 3 is 2.89 bits per heavy atom. The number of guanidine groups is 1. The first-order chi connectivity index (χ1) is 8.85. The summed E-state index contributed by atoms with van der Waals surface area (Å²) >= 11 is 0. The lowest BCUT2D eigenvalue weighted by Gasteiger charge is -2.33. The molecule has 1 saturated heterocycles. The molecule has 1 amide bonds. The molecule has 0 aromatic carbocycles. The van der Waals surface area contributed by atoms with Crippen LogP contribution in [0.3, 0.4) is 0 Å². The highest BCUT2D eigenvalue weighted by Crippen LogP contribution is 2.33. The monoisotopic (exact) mass is 267 g/mol. The molecule has 19 heavy (non-hydrogen) atoms. The third kappa shape index (κ3) is 3.26. The lowest BCUT2D eigenvalue weighted by Crippen LogP contribution is -2.49. The van der Waals surface area contributed by atoms with E-state index in [1.165, 1.54) is 0 Å². The van der Waals surface area contributed by atoms with Gasteiger partial charge in [0, 0.05) is 25.0 Å². The Hall–Kier alpha value is -1.10. The molecule has 0 aromatic heterocycles. The summed E-state index contributed by atoms with van der Waals surface area (Å²) in [6.07, 6.45) is 3.59. The number of aliphatic imine (C=N–C) groups is 1.